The predicted octanol–water partition coefficient (Wildman–Crippen LogP) is 2.63. The van der Waals surface area contributed by atoms with Crippen molar-refractivity contribution in [2.24, 2.45) is 17.8 Å². The number of hydrogen-bond donors (Lipinski definition) is 3. The van der Waals surface area contributed by atoms with Crippen LogP contribution in [0.3, 0.4) is 0 Å². The summed E-state index contributed by atoms with van der Waals surface area (Å²) in [5, 5.41) is 30.6. The summed E-state index contributed by atoms with van der Waals surface area (Å²) in [6.07, 6.45) is 1.14. The smallest absolute Gasteiger partial charge is 0.423 e. The first kappa shape index (κ1) is 23.7. The number of imide groups is 3. The normalized spacial score (nSPS) is 24.6. The fourth-order valence-corrected chi connectivity index (χ4v) is 4.88. The third-order valence-electron chi connectivity index (χ3n) is 6.34. The second-order valence-corrected chi connectivity index (χ2v) is 8.48. The molecule has 2 aliphatic rings. The first-order valence-corrected chi connectivity index (χ1v) is 10.6. The minimum absolute atomic E-state index is 0.173. The summed E-state index contributed by atoms with van der Waals surface area (Å²) in [4.78, 5) is 38.0. The zero-order chi connectivity index (χ0) is 23.6. The number of fused-ring (bicyclic) bond motifs is 1. The van der Waals surface area contributed by atoms with E-state index in [0.29, 0.717) is 23.3 Å². The maximum atomic E-state index is 12.9. The van der Waals surface area contributed by atoms with E-state index in [4.69, 9.17) is 0 Å². The van der Waals surface area contributed by atoms with E-state index in [1.807, 2.05) is 19.1 Å². The molecule has 1 aromatic carbocycles. The number of carbonyl (C=O) groups excluding carboxylic acids is 3. The average Bonchev–Trinajstić information content (AvgIpc) is 3.00. The van der Waals surface area contributed by atoms with Crippen LogP contribution in [-0.2, 0) is 14.3 Å². The molecule has 1 aliphatic carbocycles. The number of likely N-dealkylation sites (tertiary alicyclic amines) is 1. The lowest BCUT2D eigenvalue weighted by atomic mass is 9.68. The molecule has 3 N–H and O–H groups in total. The molecule has 8 nitrogen and oxygen atoms in total. The lowest BCUT2D eigenvalue weighted by Crippen LogP contribution is -2.39. The third kappa shape index (κ3) is 4.47. The van der Waals surface area contributed by atoms with Crippen molar-refractivity contribution in [3.05, 3.63) is 46.5 Å². The molecule has 0 saturated carbocycles. The quantitative estimate of drug-likeness (QED) is 0.456. The molecule has 3 rings (SSSR count). The van der Waals surface area contributed by atoms with Gasteiger partial charge in [-0.05, 0) is 56.4 Å². The molecule has 8 heteroatoms. The number of amides is 3. The van der Waals surface area contributed by atoms with E-state index in [0.717, 1.165) is 23.8 Å². The van der Waals surface area contributed by atoms with Gasteiger partial charge in [-0.2, -0.15) is 4.90 Å². The number of benzene rings is 1. The van der Waals surface area contributed by atoms with E-state index in [-0.39, 0.29) is 12.2 Å². The number of rotatable bonds is 6. The van der Waals surface area contributed by atoms with E-state index >= 15 is 0 Å². The van der Waals surface area contributed by atoms with E-state index in [1.54, 1.807) is 25.1 Å². The molecular formula is C24H29NO7. The van der Waals surface area contributed by atoms with Crippen LogP contribution >= 0.6 is 0 Å². The molecule has 0 radical (unpaired) electrons. The largest absolute Gasteiger partial charge is 0.508 e. The van der Waals surface area contributed by atoms with Gasteiger partial charge in [0.25, 0.3) is 0 Å². The SMILES string of the molecule is COC(=O)N1C(=O)[C@@H]2[C@@H](CC(C)=C([C@H](O)CC/C(C)=C/c3cccc(O)c3)[C@@H]2CO)C1=O. The Morgan fingerprint density at radius 1 is 1.31 bits per heavy atom. The molecule has 3 amide bonds. The molecular weight excluding hydrogens is 414 g/mol. The first-order chi connectivity index (χ1) is 15.2. The van der Waals surface area contributed by atoms with Crippen molar-refractivity contribution in [3.8, 4) is 5.75 Å². The Hall–Kier alpha value is -2.97. The number of hydrogen-bond acceptors (Lipinski definition) is 7. The van der Waals surface area contributed by atoms with E-state index < -0.39 is 48.4 Å². The first-order valence-electron chi connectivity index (χ1n) is 10.6. The number of carbonyl (C=O) groups is 3. The highest BCUT2D eigenvalue weighted by Crippen LogP contribution is 2.46. The highest BCUT2D eigenvalue weighted by Gasteiger charge is 2.56. The van der Waals surface area contributed by atoms with E-state index in [9.17, 15) is 29.7 Å². The second-order valence-electron chi connectivity index (χ2n) is 8.48. The number of ether oxygens (including phenoxy) is 1. The van der Waals surface area contributed by atoms with Crippen molar-refractivity contribution >= 4 is 24.0 Å². The van der Waals surface area contributed by atoms with Gasteiger partial charge in [0, 0.05) is 5.92 Å². The molecule has 0 aromatic heterocycles. The highest BCUT2D eigenvalue weighted by atomic mass is 16.5. The topological polar surface area (TPSA) is 124 Å². The van der Waals surface area contributed by atoms with Crippen LogP contribution in [0.2, 0.25) is 0 Å². The summed E-state index contributed by atoms with van der Waals surface area (Å²) in [5.74, 6) is -3.53. The minimum Gasteiger partial charge on any atom is -0.508 e. The van der Waals surface area contributed by atoms with Crippen LogP contribution in [0.5, 0.6) is 5.75 Å². The molecule has 1 saturated heterocycles. The standard InChI is InChI=1S/C24H29NO7/c1-13(9-15-5-4-6-16(27)11-15)7-8-19(28)20-14(2)10-17-21(18(20)12-26)23(30)25(22(17)29)24(31)32-3/h4-6,9,11,17-19,21,26-28H,7-8,10,12H2,1-3H3/b13-9+/t17-,18+,19-,21-/m1/s1. The van der Waals surface area contributed by atoms with Crippen LogP contribution in [0.1, 0.15) is 38.7 Å². The molecule has 0 unspecified atom stereocenters. The van der Waals surface area contributed by atoms with Crippen LogP contribution in [0.15, 0.2) is 41.0 Å². The molecule has 0 spiro atoms. The van der Waals surface area contributed by atoms with Gasteiger partial charge >= 0.3 is 6.09 Å². The molecule has 1 aromatic rings. The summed E-state index contributed by atoms with van der Waals surface area (Å²) >= 11 is 0. The number of aliphatic hydroxyl groups excluding tert-OH is 2. The summed E-state index contributed by atoms with van der Waals surface area (Å²) in [5.41, 5.74) is 3.15. The van der Waals surface area contributed by atoms with Crippen LogP contribution in [0.4, 0.5) is 4.79 Å². The van der Waals surface area contributed by atoms with Crippen LogP contribution in [0, 0.1) is 17.8 Å². The van der Waals surface area contributed by atoms with Crippen molar-refractivity contribution in [1.82, 2.24) is 4.90 Å². The predicted molar refractivity (Wildman–Crippen MR) is 116 cm³/mol. The number of phenols is 1. The molecule has 32 heavy (non-hydrogen) atoms. The van der Waals surface area contributed by atoms with Crippen molar-refractivity contribution in [3.63, 3.8) is 0 Å². The summed E-state index contributed by atoms with van der Waals surface area (Å²) in [6, 6.07) is 6.85. The lowest BCUT2D eigenvalue weighted by molar-refractivity contribution is -0.137. The van der Waals surface area contributed by atoms with Crippen LogP contribution < -0.4 is 0 Å². The number of aliphatic hydroxyl groups is 2. The maximum absolute atomic E-state index is 12.9. The zero-order valence-corrected chi connectivity index (χ0v) is 18.4. The van der Waals surface area contributed by atoms with Crippen molar-refractivity contribution in [2.75, 3.05) is 13.7 Å². The number of aromatic hydroxyl groups is 1. The Morgan fingerprint density at radius 3 is 2.66 bits per heavy atom. The van der Waals surface area contributed by atoms with Gasteiger partial charge in [-0.15, -0.1) is 0 Å². The molecule has 0 bridgehead atoms. The van der Waals surface area contributed by atoms with Gasteiger partial charge < -0.3 is 20.1 Å². The number of nitrogens with zero attached hydrogens (tertiary/aromatic N) is 1. The lowest BCUT2D eigenvalue weighted by Gasteiger charge is -2.35. The third-order valence-corrected chi connectivity index (χ3v) is 6.34. The summed E-state index contributed by atoms with van der Waals surface area (Å²) < 4.78 is 4.57. The Bertz CT molecular complexity index is 980. The van der Waals surface area contributed by atoms with Crippen LogP contribution in [-0.4, -0.2) is 57.9 Å². The van der Waals surface area contributed by atoms with Crippen LogP contribution in [0.25, 0.3) is 6.08 Å². The Labute approximate surface area is 186 Å². The molecule has 1 heterocycles. The van der Waals surface area contributed by atoms with E-state index in [2.05, 4.69) is 4.74 Å². The van der Waals surface area contributed by atoms with Gasteiger partial charge in [-0.1, -0.05) is 29.4 Å². The number of phenolic OH excluding ortho intramolecular Hbond substituents is 1. The van der Waals surface area contributed by atoms with Gasteiger partial charge in [0.05, 0.1) is 31.7 Å². The van der Waals surface area contributed by atoms with Gasteiger partial charge in [0.15, 0.2) is 0 Å². The zero-order valence-electron chi connectivity index (χ0n) is 18.4. The monoisotopic (exact) mass is 443 g/mol. The Balaban J connectivity index is 1.78. The number of methoxy groups -OCH3 is 1. The molecule has 4 atom stereocenters. The van der Waals surface area contributed by atoms with Gasteiger partial charge in [-0.25, -0.2) is 4.79 Å². The summed E-state index contributed by atoms with van der Waals surface area (Å²) in [6.45, 7) is 3.29. The Morgan fingerprint density at radius 2 is 2.03 bits per heavy atom. The van der Waals surface area contributed by atoms with Crippen molar-refractivity contribution in [2.45, 2.75) is 39.2 Å². The Kier molecular flexibility index (Phi) is 7.16. The number of allylic oxidation sites excluding steroid dienone is 2. The molecule has 172 valence electrons. The fraction of sp³-hybridized carbons (Fsp3) is 0.458. The van der Waals surface area contributed by atoms with E-state index in [1.165, 1.54) is 0 Å². The summed E-state index contributed by atoms with van der Waals surface area (Å²) in [7, 11) is 1.10. The van der Waals surface area contributed by atoms with Gasteiger partial charge in [0.2, 0.25) is 11.8 Å². The maximum Gasteiger partial charge on any atom is 0.423 e. The van der Waals surface area contributed by atoms with Crippen molar-refractivity contribution in [1.29, 1.82) is 0 Å². The van der Waals surface area contributed by atoms with Gasteiger partial charge in [0.1, 0.15) is 5.75 Å². The average molecular weight is 443 g/mol. The fourth-order valence-electron chi connectivity index (χ4n) is 4.88. The second kappa shape index (κ2) is 9.67. The molecule has 1 fully saturated rings. The van der Waals surface area contributed by atoms with Gasteiger partial charge in [-0.3, -0.25) is 9.59 Å². The minimum atomic E-state index is -1.03. The van der Waals surface area contributed by atoms with Crippen molar-refractivity contribution < 1.29 is 34.4 Å². The highest BCUT2D eigenvalue weighted by molar-refractivity contribution is 6.15. The molecule has 1 aliphatic heterocycles.